The lowest BCUT2D eigenvalue weighted by atomic mass is 9.90. The number of methoxy groups -OCH3 is 1. The summed E-state index contributed by atoms with van der Waals surface area (Å²) in [6.45, 7) is 1.44. The maximum atomic E-state index is 13.6. The lowest BCUT2D eigenvalue weighted by molar-refractivity contribution is -0.126. The highest BCUT2D eigenvalue weighted by Crippen LogP contribution is 2.47. The van der Waals surface area contributed by atoms with Crippen molar-refractivity contribution in [3.05, 3.63) is 84.4 Å². The molecule has 3 atom stereocenters. The molecule has 3 amide bonds. The molecule has 172 valence electrons. The number of hydroxylamine groups is 1. The summed E-state index contributed by atoms with van der Waals surface area (Å²) in [4.78, 5) is 45.7. The molecule has 0 radical (unpaired) electrons. The van der Waals surface area contributed by atoms with E-state index >= 15 is 0 Å². The van der Waals surface area contributed by atoms with E-state index < -0.39 is 24.0 Å². The molecule has 0 aliphatic carbocycles. The van der Waals surface area contributed by atoms with Gasteiger partial charge in [-0.1, -0.05) is 30.3 Å². The molecular weight excluding hydrogens is 434 g/mol. The highest BCUT2D eigenvalue weighted by molar-refractivity contribution is 6.24. The first kappa shape index (κ1) is 21.7. The number of imide groups is 1. The van der Waals surface area contributed by atoms with Crippen LogP contribution in [0.5, 0.6) is 5.75 Å². The summed E-state index contributed by atoms with van der Waals surface area (Å²) >= 11 is 0. The Bertz CT molecular complexity index is 1230. The van der Waals surface area contributed by atoms with Gasteiger partial charge in [0.1, 0.15) is 11.7 Å². The van der Waals surface area contributed by atoms with Crippen LogP contribution in [-0.4, -0.2) is 30.9 Å². The third kappa shape index (κ3) is 3.68. The van der Waals surface area contributed by atoms with Crippen molar-refractivity contribution < 1.29 is 24.0 Å². The molecule has 2 heterocycles. The smallest absolute Gasteiger partial charge is 0.266 e. The van der Waals surface area contributed by atoms with E-state index in [1.807, 2.05) is 42.5 Å². The number of carbonyl (C=O) groups is 3. The number of nitrogens with zero attached hydrogens (tertiary/aromatic N) is 2. The Morgan fingerprint density at radius 1 is 0.882 bits per heavy atom. The molecule has 3 aromatic carbocycles. The van der Waals surface area contributed by atoms with E-state index in [2.05, 4.69) is 5.32 Å². The van der Waals surface area contributed by atoms with Gasteiger partial charge in [0.15, 0.2) is 6.10 Å². The number of anilines is 3. The number of hydrogen-bond donors (Lipinski definition) is 1. The summed E-state index contributed by atoms with van der Waals surface area (Å²) in [5.41, 5.74) is 2.65. The number of fused-ring (bicyclic) bond motifs is 1. The SMILES string of the molecule is COc1ccc(N2C(=O)[C@@H]3[C@@H](c4ccc(NC(C)=O)cc4)N(c4ccccc4)O[C@H]3C2=O)cc1. The lowest BCUT2D eigenvalue weighted by Gasteiger charge is -2.29. The van der Waals surface area contributed by atoms with E-state index in [1.54, 1.807) is 48.6 Å². The first-order chi connectivity index (χ1) is 16.5. The van der Waals surface area contributed by atoms with Crippen LogP contribution in [0.4, 0.5) is 17.1 Å². The Hall–Kier alpha value is -4.17. The fourth-order valence-electron chi connectivity index (χ4n) is 4.50. The van der Waals surface area contributed by atoms with Gasteiger partial charge in [-0.15, -0.1) is 0 Å². The molecule has 1 N–H and O–H groups in total. The van der Waals surface area contributed by atoms with E-state index in [4.69, 9.17) is 9.57 Å². The molecule has 8 heteroatoms. The Morgan fingerprint density at radius 2 is 1.56 bits per heavy atom. The number of benzene rings is 3. The van der Waals surface area contributed by atoms with Gasteiger partial charge in [-0.3, -0.25) is 19.2 Å². The van der Waals surface area contributed by atoms with E-state index in [0.717, 1.165) is 11.3 Å². The Kier molecular flexibility index (Phi) is 5.51. The topological polar surface area (TPSA) is 88.2 Å². The molecule has 3 aromatic rings. The van der Waals surface area contributed by atoms with Gasteiger partial charge in [0.2, 0.25) is 11.8 Å². The summed E-state index contributed by atoms with van der Waals surface area (Å²) in [6.07, 6.45) is -0.949. The molecule has 2 aliphatic heterocycles. The van der Waals surface area contributed by atoms with Crippen molar-refractivity contribution in [2.24, 2.45) is 5.92 Å². The summed E-state index contributed by atoms with van der Waals surface area (Å²) in [5, 5.41) is 4.38. The zero-order chi connectivity index (χ0) is 23.8. The number of carbonyl (C=O) groups excluding carboxylic acids is 3. The Morgan fingerprint density at radius 3 is 2.18 bits per heavy atom. The highest BCUT2D eigenvalue weighted by atomic mass is 16.7. The molecule has 0 spiro atoms. The summed E-state index contributed by atoms with van der Waals surface area (Å²) in [5.74, 6) is -1.00. The molecule has 2 aliphatic rings. The zero-order valence-corrected chi connectivity index (χ0v) is 18.7. The average molecular weight is 457 g/mol. The van der Waals surface area contributed by atoms with Gasteiger partial charge in [-0.05, 0) is 54.1 Å². The van der Waals surface area contributed by atoms with Crippen molar-refractivity contribution in [3.63, 3.8) is 0 Å². The molecule has 34 heavy (non-hydrogen) atoms. The maximum absolute atomic E-state index is 13.6. The van der Waals surface area contributed by atoms with Gasteiger partial charge in [-0.2, -0.15) is 0 Å². The van der Waals surface area contributed by atoms with Gasteiger partial charge in [0.05, 0.1) is 24.5 Å². The van der Waals surface area contributed by atoms with Crippen molar-refractivity contribution in [2.75, 3.05) is 22.4 Å². The molecule has 2 saturated heterocycles. The molecule has 2 fully saturated rings. The van der Waals surface area contributed by atoms with Crippen molar-refractivity contribution in [1.29, 1.82) is 0 Å². The van der Waals surface area contributed by atoms with Gasteiger partial charge in [0.25, 0.3) is 5.91 Å². The van der Waals surface area contributed by atoms with E-state index in [1.165, 1.54) is 11.8 Å². The summed E-state index contributed by atoms with van der Waals surface area (Å²) in [7, 11) is 1.55. The third-order valence-corrected chi connectivity index (χ3v) is 6.03. The van der Waals surface area contributed by atoms with Gasteiger partial charge >= 0.3 is 0 Å². The van der Waals surface area contributed by atoms with Crippen molar-refractivity contribution in [2.45, 2.75) is 19.1 Å². The lowest BCUT2D eigenvalue weighted by Crippen LogP contribution is -2.37. The van der Waals surface area contributed by atoms with Crippen LogP contribution in [0, 0.1) is 5.92 Å². The standard InChI is InChI=1S/C26H23N3O5/c1-16(30)27-18-10-8-17(9-11-18)23-22-24(34-29(23)20-6-4-3-5-7-20)26(32)28(25(22)31)19-12-14-21(33-2)15-13-19/h3-15,22-24H,1-2H3,(H,27,30)/t22-,23-,24-/m1/s1. The molecule has 0 saturated carbocycles. The van der Waals surface area contributed by atoms with Gasteiger partial charge in [0, 0.05) is 12.6 Å². The number of amides is 3. The number of hydrogen-bond acceptors (Lipinski definition) is 6. The largest absolute Gasteiger partial charge is 0.497 e. The Balaban J connectivity index is 1.53. The van der Waals surface area contributed by atoms with Gasteiger partial charge < -0.3 is 10.1 Å². The second kappa shape index (κ2) is 8.64. The summed E-state index contributed by atoms with van der Waals surface area (Å²) < 4.78 is 5.19. The molecule has 0 bridgehead atoms. The van der Waals surface area contributed by atoms with Crippen molar-refractivity contribution in [3.8, 4) is 5.75 Å². The van der Waals surface area contributed by atoms with Crippen molar-refractivity contribution >= 4 is 34.8 Å². The second-order valence-electron chi connectivity index (χ2n) is 8.17. The fraction of sp³-hybridized carbons (Fsp3) is 0.192. The van der Waals surface area contributed by atoms with E-state index in [0.29, 0.717) is 17.1 Å². The number of rotatable bonds is 5. The number of ether oxygens (including phenoxy) is 1. The molecule has 0 unspecified atom stereocenters. The number of nitrogens with one attached hydrogen (secondary N) is 1. The molecule has 5 rings (SSSR count). The van der Waals surface area contributed by atoms with Crippen LogP contribution in [0.15, 0.2) is 78.9 Å². The van der Waals surface area contributed by atoms with Crippen molar-refractivity contribution in [1.82, 2.24) is 0 Å². The average Bonchev–Trinajstić information content (AvgIpc) is 3.36. The van der Waals surface area contributed by atoms with Crippen LogP contribution in [-0.2, 0) is 19.2 Å². The third-order valence-electron chi connectivity index (χ3n) is 6.03. The molecular formula is C26H23N3O5. The minimum absolute atomic E-state index is 0.172. The predicted octanol–water partition coefficient (Wildman–Crippen LogP) is 3.70. The normalized spacial score (nSPS) is 21.5. The van der Waals surface area contributed by atoms with Crippen LogP contribution in [0.1, 0.15) is 18.5 Å². The number of para-hydroxylation sites is 1. The minimum Gasteiger partial charge on any atom is -0.497 e. The maximum Gasteiger partial charge on any atom is 0.266 e. The first-order valence-electron chi connectivity index (χ1n) is 10.9. The second-order valence-corrected chi connectivity index (χ2v) is 8.17. The monoisotopic (exact) mass is 457 g/mol. The fourth-order valence-corrected chi connectivity index (χ4v) is 4.50. The Labute approximate surface area is 196 Å². The van der Waals surface area contributed by atoms with E-state index in [-0.39, 0.29) is 11.8 Å². The van der Waals surface area contributed by atoms with E-state index in [9.17, 15) is 14.4 Å². The van der Waals surface area contributed by atoms with Crippen LogP contribution < -0.4 is 20.0 Å². The first-order valence-corrected chi connectivity index (χ1v) is 10.9. The van der Waals surface area contributed by atoms with Crippen LogP contribution in [0.2, 0.25) is 0 Å². The van der Waals surface area contributed by atoms with Gasteiger partial charge in [-0.25, -0.2) is 9.96 Å². The molecule has 8 nitrogen and oxygen atoms in total. The quantitative estimate of drug-likeness (QED) is 0.588. The molecule has 0 aromatic heterocycles. The van der Waals surface area contributed by atoms with Crippen LogP contribution >= 0.6 is 0 Å². The minimum atomic E-state index is -0.949. The predicted molar refractivity (Wildman–Crippen MR) is 126 cm³/mol. The van der Waals surface area contributed by atoms with Crippen LogP contribution in [0.25, 0.3) is 0 Å². The zero-order valence-electron chi connectivity index (χ0n) is 18.7. The summed E-state index contributed by atoms with van der Waals surface area (Å²) in [6, 6.07) is 22.8. The van der Waals surface area contributed by atoms with Crippen LogP contribution in [0.3, 0.4) is 0 Å². The highest BCUT2D eigenvalue weighted by Gasteiger charge is 2.60.